The van der Waals surface area contributed by atoms with Gasteiger partial charge in [-0.3, -0.25) is 4.79 Å². The van der Waals surface area contributed by atoms with Crippen molar-refractivity contribution in [3.05, 3.63) is 0 Å². The Morgan fingerprint density at radius 2 is 2.33 bits per heavy atom. The third-order valence-corrected chi connectivity index (χ3v) is 1.03. The summed E-state index contributed by atoms with van der Waals surface area (Å²) in [6.07, 6.45) is 0. The molecule has 4 nitrogen and oxygen atoms in total. The summed E-state index contributed by atoms with van der Waals surface area (Å²) in [5, 5.41) is 11.1. The smallest absolute Gasteiger partial charge is 0.324 e. The molecule has 4 heteroatoms. The Balaban J connectivity index is 3.85. The van der Waals surface area contributed by atoms with Crippen LogP contribution in [0.15, 0.2) is 0 Å². The largest absolute Gasteiger partial charge is 0.480 e. The highest BCUT2D eigenvalue weighted by atomic mass is 16.4. The van der Waals surface area contributed by atoms with E-state index in [2.05, 4.69) is 5.32 Å². The zero-order chi connectivity index (χ0) is 7.49. The molecule has 0 saturated carbocycles. The zero-order valence-corrected chi connectivity index (χ0v) is 5.64. The molecule has 0 aliphatic heterocycles. The molecule has 4 N–H and O–H groups in total. The van der Waals surface area contributed by atoms with Crippen LogP contribution in [0, 0.1) is 0 Å². The lowest BCUT2D eigenvalue weighted by molar-refractivity contribution is -0.142. The molecule has 0 heterocycles. The van der Waals surface area contributed by atoms with Crippen LogP contribution in [-0.2, 0) is 4.79 Å². The van der Waals surface area contributed by atoms with E-state index in [1.807, 2.05) is 0 Å². The van der Waals surface area contributed by atoms with E-state index in [-0.39, 0.29) is 6.54 Å². The molecule has 0 bridgehead atoms. The number of carboxylic acids is 1. The fraction of sp³-hybridized carbons (Fsp3) is 0.800. The SMILES string of the molecule is CNC[C@](C)(N)C(=O)O. The Bertz CT molecular complexity index is 112. The Morgan fingerprint density at radius 1 is 1.89 bits per heavy atom. The lowest BCUT2D eigenvalue weighted by Gasteiger charge is -2.17. The summed E-state index contributed by atoms with van der Waals surface area (Å²) in [7, 11) is 1.66. The van der Waals surface area contributed by atoms with Crippen LogP contribution in [-0.4, -0.2) is 30.2 Å². The summed E-state index contributed by atoms with van der Waals surface area (Å²) in [6.45, 7) is 1.74. The highest BCUT2D eigenvalue weighted by molar-refractivity contribution is 5.78. The van der Waals surface area contributed by atoms with E-state index < -0.39 is 11.5 Å². The van der Waals surface area contributed by atoms with Gasteiger partial charge in [0.15, 0.2) is 0 Å². The molecule has 0 aromatic rings. The standard InChI is InChI=1S/C5H12N2O2/c1-5(6,3-7-2)4(8)9/h7H,3,6H2,1-2H3,(H,8,9)/t5-/m0/s1. The van der Waals surface area contributed by atoms with Gasteiger partial charge in [-0.15, -0.1) is 0 Å². The van der Waals surface area contributed by atoms with Crippen LogP contribution in [0.25, 0.3) is 0 Å². The number of carboxylic acid groups (broad SMARTS) is 1. The summed E-state index contributed by atoms with van der Waals surface area (Å²) in [4.78, 5) is 10.2. The number of nitrogens with one attached hydrogen (secondary N) is 1. The van der Waals surface area contributed by atoms with Crippen LogP contribution in [0.1, 0.15) is 6.92 Å². The number of likely N-dealkylation sites (N-methyl/N-ethyl adjacent to an activating group) is 1. The second kappa shape index (κ2) is 2.80. The highest BCUT2D eigenvalue weighted by Crippen LogP contribution is 1.94. The van der Waals surface area contributed by atoms with Crippen LogP contribution in [0.2, 0.25) is 0 Å². The molecule has 0 amide bonds. The molecule has 0 saturated heterocycles. The number of aliphatic carboxylic acids is 1. The van der Waals surface area contributed by atoms with Gasteiger partial charge in [0.05, 0.1) is 0 Å². The van der Waals surface area contributed by atoms with Crippen molar-refractivity contribution in [2.24, 2.45) is 5.73 Å². The summed E-state index contributed by atoms with van der Waals surface area (Å²) in [5.74, 6) is -0.989. The molecule has 1 atom stereocenters. The van der Waals surface area contributed by atoms with E-state index >= 15 is 0 Å². The van der Waals surface area contributed by atoms with Crippen molar-refractivity contribution in [1.29, 1.82) is 0 Å². The molecule has 0 aliphatic rings. The highest BCUT2D eigenvalue weighted by Gasteiger charge is 2.26. The van der Waals surface area contributed by atoms with E-state index in [0.29, 0.717) is 0 Å². The Kier molecular flexibility index (Phi) is 2.61. The molecule has 0 fully saturated rings. The maximum atomic E-state index is 10.2. The Morgan fingerprint density at radius 3 is 2.44 bits per heavy atom. The Labute approximate surface area is 54.0 Å². The predicted octanol–water partition coefficient (Wildman–Crippen LogP) is -0.992. The molecule has 54 valence electrons. The van der Waals surface area contributed by atoms with Crippen LogP contribution in [0.4, 0.5) is 0 Å². The average Bonchev–Trinajstić information content (AvgIpc) is 1.65. The third kappa shape index (κ3) is 2.43. The lowest BCUT2D eigenvalue weighted by Crippen LogP contribution is -2.51. The van der Waals surface area contributed by atoms with Crippen LogP contribution in [0.5, 0.6) is 0 Å². The molecule has 0 radical (unpaired) electrons. The van der Waals surface area contributed by atoms with E-state index in [4.69, 9.17) is 10.8 Å². The maximum Gasteiger partial charge on any atom is 0.324 e. The fourth-order valence-electron chi connectivity index (χ4n) is 0.443. The van der Waals surface area contributed by atoms with Gasteiger partial charge in [0.2, 0.25) is 0 Å². The number of carbonyl (C=O) groups is 1. The van der Waals surface area contributed by atoms with Gasteiger partial charge >= 0.3 is 5.97 Å². The Hall–Kier alpha value is -0.610. The van der Waals surface area contributed by atoms with Gasteiger partial charge in [-0.05, 0) is 14.0 Å². The van der Waals surface area contributed by atoms with E-state index in [1.54, 1.807) is 7.05 Å². The molecule has 0 rings (SSSR count). The van der Waals surface area contributed by atoms with Crippen LogP contribution < -0.4 is 11.1 Å². The topological polar surface area (TPSA) is 75.3 Å². The normalized spacial score (nSPS) is 16.8. The minimum Gasteiger partial charge on any atom is -0.480 e. The molecule has 9 heavy (non-hydrogen) atoms. The molecular formula is C5H12N2O2. The zero-order valence-electron chi connectivity index (χ0n) is 5.64. The van der Waals surface area contributed by atoms with Crippen LogP contribution >= 0.6 is 0 Å². The molecule has 0 unspecified atom stereocenters. The molecular weight excluding hydrogens is 120 g/mol. The minimum atomic E-state index is -1.14. The van der Waals surface area contributed by atoms with Gasteiger partial charge in [-0.25, -0.2) is 0 Å². The van der Waals surface area contributed by atoms with Gasteiger partial charge in [0.1, 0.15) is 5.54 Å². The van der Waals surface area contributed by atoms with Crippen molar-refractivity contribution in [3.8, 4) is 0 Å². The molecule has 0 aromatic carbocycles. The van der Waals surface area contributed by atoms with Gasteiger partial charge in [0, 0.05) is 6.54 Å². The summed E-state index contributed by atoms with van der Waals surface area (Å²) in [5.41, 5.74) is 4.16. The van der Waals surface area contributed by atoms with Crippen molar-refractivity contribution < 1.29 is 9.90 Å². The van der Waals surface area contributed by atoms with Crippen molar-refractivity contribution in [1.82, 2.24) is 5.32 Å². The molecule has 0 aliphatic carbocycles. The summed E-state index contributed by atoms with van der Waals surface area (Å²) >= 11 is 0. The second-order valence-corrected chi connectivity index (χ2v) is 2.25. The van der Waals surface area contributed by atoms with E-state index in [9.17, 15) is 4.79 Å². The van der Waals surface area contributed by atoms with Crippen molar-refractivity contribution in [3.63, 3.8) is 0 Å². The van der Waals surface area contributed by atoms with Gasteiger partial charge in [-0.1, -0.05) is 0 Å². The molecule has 0 spiro atoms. The predicted molar refractivity (Wildman–Crippen MR) is 34.2 cm³/mol. The number of hydrogen-bond acceptors (Lipinski definition) is 3. The second-order valence-electron chi connectivity index (χ2n) is 2.25. The summed E-state index contributed by atoms with van der Waals surface area (Å²) < 4.78 is 0. The monoisotopic (exact) mass is 132 g/mol. The third-order valence-electron chi connectivity index (χ3n) is 1.03. The first-order chi connectivity index (χ1) is 4.00. The minimum absolute atomic E-state index is 0.280. The van der Waals surface area contributed by atoms with E-state index in [1.165, 1.54) is 6.92 Å². The van der Waals surface area contributed by atoms with Crippen molar-refractivity contribution in [2.75, 3.05) is 13.6 Å². The first-order valence-electron chi connectivity index (χ1n) is 2.67. The lowest BCUT2D eigenvalue weighted by atomic mass is 10.1. The van der Waals surface area contributed by atoms with Gasteiger partial charge < -0.3 is 16.2 Å². The van der Waals surface area contributed by atoms with Crippen LogP contribution in [0.3, 0.4) is 0 Å². The van der Waals surface area contributed by atoms with Crippen molar-refractivity contribution >= 4 is 5.97 Å². The number of rotatable bonds is 3. The first kappa shape index (κ1) is 8.39. The average molecular weight is 132 g/mol. The van der Waals surface area contributed by atoms with Crippen molar-refractivity contribution in [2.45, 2.75) is 12.5 Å². The fourth-order valence-corrected chi connectivity index (χ4v) is 0.443. The molecule has 0 aromatic heterocycles. The quantitative estimate of drug-likeness (QED) is 0.461. The van der Waals surface area contributed by atoms with Gasteiger partial charge in [0.25, 0.3) is 0 Å². The maximum absolute atomic E-state index is 10.2. The summed E-state index contributed by atoms with van der Waals surface area (Å²) in [6, 6.07) is 0. The van der Waals surface area contributed by atoms with E-state index in [0.717, 1.165) is 0 Å². The number of hydrogen-bond donors (Lipinski definition) is 3. The first-order valence-corrected chi connectivity index (χ1v) is 2.67. The number of nitrogens with two attached hydrogens (primary N) is 1. The van der Waals surface area contributed by atoms with Gasteiger partial charge in [-0.2, -0.15) is 0 Å².